The van der Waals surface area contributed by atoms with Crippen molar-refractivity contribution in [3.8, 4) is 0 Å². The standard InChI is InChI=1S/C15H14N2S/c1-10-5-4-6-11(9-10)14(16)15-17-12-7-2-3-8-13(12)18-15/h2-9,14H,16H2,1H3. The van der Waals surface area contributed by atoms with Crippen LogP contribution >= 0.6 is 11.3 Å². The number of para-hydroxylation sites is 1. The van der Waals surface area contributed by atoms with Crippen LogP contribution in [0.4, 0.5) is 0 Å². The van der Waals surface area contributed by atoms with Gasteiger partial charge in [0.25, 0.3) is 0 Å². The molecule has 3 rings (SSSR count). The number of nitrogens with two attached hydrogens (primary N) is 1. The quantitative estimate of drug-likeness (QED) is 0.758. The van der Waals surface area contributed by atoms with E-state index in [0.717, 1.165) is 16.1 Å². The van der Waals surface area contributed by atoms with Crippen molar-refractivity contribution in [1.29, 1.82) is 0 Å². The highest BCUT2D eigenvalue weighted by Gasteiger charge is 2.13. The molecule has 1 atom stereocenters. The molecular formula is C15H14N2S. The predicted octanol–water partition coefficient (Wildman–Crippen LogP) is 3.65. The Morgan fingerprint density at radius 3 is 2.72 bits per heavy atom. The van der Waals surface area contributed by atoms with Crippen LogP contribution in [0, 0.1) is 6.92 Å². The van der Waals surface area contributed by atoms with Crippen molar-refractivity contribution in [1.82, 2.24) is 4.98 Å². The summed E-state index contributed by atoms with van der Waals surface area (Å²) < 4.78 is 1.19. The lowest BCUT2D eigenvalue weighted by atomic mass is 10.1. The van der Waals surface area contributed by atoms with E-state index in [-0.39, 0.29) is 6.04 Å². The number of benzene rings is 2. The molecule has 0 saturated carbocycles. The highest BCUT2D eigenvalue weighted by molar-refractivity contribution is 7.18. The average molecular weight is 254 g/mol. The Balaban J connectivity index is 2.03. The van der Waals surface area contributed by atoms with Crippen molar-refractivity contribution in [3.63, 3.8) is 0 Å². The molecule has 0 bridgehead atoms. The molecule has 0 radical (unpaired) electrons. The van der Waals surface area contributed by atoms with Crippen LogP contribution in [0.3, 0.4) is 0 Å². The van der Waals surface area contributed by atoms with Crippen molar-refractivity contribution in [2.24, 2.45) is 5.73 Å². The Labute approximate surface area is 110 Å². The van der Waals surface area contributed by atoms with Crippen LogP contribution in [0.5, 0.6) is 0 Å². The van der Waals surface area contributed by atoms with Gasteiger partial charge in [-0.2, -0.15) is 0 Å². The highest BCUT2D eigenvalue weighted by Crippen LogP contribution is 2.28. The first-order valence-corrected chi connectivity index (χ1v) is 6.73. The van der Waals surface area contributed by atoms with Crippen molar-refractivity contribution >= 4 is 21.6 Å². The summed E-state index contributed by atoms with van der Waals surface area (Å²) in [5, 5.41) is 0.974. The topological polar surface area (TPSA) is 38.9 Å². The van der Waals surface area contributed by atoms with Gasteiger partial charge in [-0.25, -0.2) is 4.98 Å². The van der Waals surface area contributed by atoms with E-state index < -0.39 is 0 Å². The number of aryl methyl sites for hydroxylation is 1. The fourth-order valence-corrected chi connectivity index (χ4v) is 3.03. The summed E-state index contributed by atoms with van der Waals surface area (Å²) in [6.07, 6.45) is 0. The van der Waals surface area contributed by atoms with E-state index in [1.807, 2.05) is 24.3 Å². The van der Waals surface area contributed by atoms with E-state index in [2.05, 4.69) is 36.2 Å². The molecule has 1 unspecified atom stereocenters. The number of fused-ring (bicyclic) bond motifs is 1. The number of nitrogens with zero attached hydrogens (tertiary/aromatic N) is 1. The summed E-state index contributed by atoms with van der Waals surface area (Å²) in [5.74, 6) is 0. The number of thiazole rings is 1. The van der Waals surface area contributed by atoms with Crippen LogP contribution in [-0.4, -0.2) is 4.98 Å². The average Bonchev–Trinajstić information content (AvgIpc) is 2.81. The van der Waals surface area contributed by atoms with Crippen LogP contribution in [0.15, 0.2) is 48.5 Å². The van der Waals surface area contributed by atoms with Gasteiger partial charge in [0.15, 0.2) is 0 Å². The normalized spacial score (nSPS) is 12.8. The number of rotatable bonds is 2. The fourth-order valence-electron chi connectivity index (χ4n) is 2.03. The minimum Gasteiger partial charge on any atom is -0.318 e. The fraction of sp³-hybridized carbons (Fsp3) is 0.133. The third-order valence-electron chi connectivity index (χ3n) is 2.98. The SMILES string of the molecule is Cc1cccc(C(N)c2nc3ccccc3s2)c1. The zero-order valence-electron chi connectivity index (χ0n) is 10.1. The van der Waals surface area contributed by atoms with Crippen LogP contribution in [-0.2, 0) is 0 Å². The van der Waals surface area contributed by atoms with Gasteiger partial charge in [-0.05, 0) is 24.6 Å². The number of hydrogen-bond acceptors (Lipinski definition) is 3. The monoisotopic (exact) mass is 254 g/mol. The third-order valence-corrected chi connectivity index (χ3v) is 4.10. The van der Waals surface area contributed by atoms with E-state index in [9.17, 15) is 0 Å². The zero-order chi connectivity index (χ0) is 12.5. The van der Waals surface area contributed by atoms with Gasteiger partial charge in [-0.3, -0.25) is 0 Å². The van der Waals surface area contributed by atoms with Gasteiger partial charge in [0, 0.05) is 0 Å². The summed E-state index contributed by atoms with van der Waals surface area (Å²) in [7, 11) is 0. The highest BCUT2D eigenvalue weighted by atomic mass is 32.1. The van der Waals surface area contributed by atoms with E-state index in [1.54, 1.807) is 11.3 Å². The van der Waals surface area contributed by atoms with E-state index in [1.165, 1.54) is 10.3 Å². The lowest BCUT2D eigenvalue weighted by Gasteiger charge is -2.09. The van der Waals surface area contributed by atoms with Gasteiger partial charge in [0.1, 0.15) is 5.01 Å². The van der Waals surface area contributed by atoms with E-state index >= 15 is 0 Å². The van der Waals surface area contributed by atoms with Crippen molar-refractivity contribution in [2.75, 3.05) is 0 Å². The molecule has 2 aromatic carbocycles. The van der Waals surface area contributed by atoms with Crippen LogP contribution in [0.2, 0.25) is 0 Å². The van der Waals surface area contributed by atoms with Gasteiger partial charge < -0.3 is 5.73 Å². The number of hydrogen-bond donors (Lipinski definition) is 1. The number of aromatic nitrogens is 1. The molecular weight excluding hydrogens is 240 g/mol. The van der Waals surface area contributed by atoms with Crippen molar-refractivity contribution < 1.29 is 0 Å². The zero-order valence-corrected chi connectivity index (χ0v) is 10.9. The maximum absolute atomic E-state index is 6.30. The molecule has 2 nitrogen and oxygen atoms in total. The lowest BCUT2D eigenvalue weighted by molar-refractivity contribution is 0.860. The van der Waals surface area contributed by atoms with Gasteiger partial charge in [0.05, 0.1) is 16.3 Å². The summed E-state index contributed by atoms with van der Waals surface area (Å²) in [4.78, 5) is 4.61. The maximum atomic E-state index is 6.30. The molecule has 0 spiro atoms. The molecule has 0 aliphatic rings. The van der Waals surface area contributed by atoms with Crippen LogP contribution in [0.1, 0.15) is 22.2 Å². The second-order valence-electron chi connectivity index (χ2n) is 4.41. The van der Waals surface area contributed by atoms with Crippen LogP contribution in [0.25, 0.3) is 10.2 Å². The molecule has 90 valence electrons. The summed E-state index contributed by atoms with van der Waals surface area (Å²) in [5.41, 5.74) is 9.67. The molecule has 0 aliphatic heterocycles. The second-order valence-corrected chi connectivity index (χ2v) is 5.47. The van der Waals surface area contributed by atoms with Crippen molar-refractivity contribution in [3.05, 3.63) is 64.7 Å². The molecule has 3 aromatic rings. The van der Waals surface area contributed by atoms with E-state index in [4.69, 9.17) is 5.73 Å². The minimum atomic E-state index is -0.137. The van der Waals surface area contributed by atoms with Gasteiger partial charge in [0.2, 0.25) is 0 Å². The third kappa shape index (κ3) is 2.03. The minimum absolute atomic E-state index is 0.137. The summed E-state index contributed by atoms with van der Waals surface area (Å²) in [6, 6.07) is 16.3. The molecule has 0 fully saturated rings. The Bertz CT molecular complexity index is 655. The molecule has 18 heavy (non-hydrogen) atoms. The first-order chi connectivity index (χ1) is 8.74. The smallest absolute Gasteiger partial charge is 0.115 e. The lowest BCUT2D eigenvalue weighted by Crippen LogP contribution is -2.11. The summed E-state index contributed by atoms with van der Waals surface area (Å²) in [6.45, 7) is 2.08. The molecule has 0 amide bonds. The molecule has 2 N–H and O–H groups in total. The maximum Gasteiger partial charge on any atom is 0.115 e. The Kier molecular flexibility index (Phi) is 2.86. The first kappa shape index (κ1) is 11.4. The van der Waals surface area contributed by atoms with Crippen molar-refractivity contribution in [2.45, 2.75) is 13.0 Å². The molecule has 3 heteroatoms. The first-order valence-electron chi connectivity index (χ1n) is 5.91. The Morgan fingerprint density at radius 2 is 1.94 bits per heavy atom. The molecule has 0 saturated heterocycles. The largest absolute Gasteiger partial charge is 0.318 e. The predicted molar refractivity (Wildman–Crippen MR) is 76.8 cm³/mol. The molecule has 0 aliphatic carbocycles. The van der Waals surface area contributed by atoms with Gasteiger partial charge in [-0.1, -0.05) is 42.0 Å². The molecule has 1 aromatic heterocycles. The molecule has 1 heterocycles. The second kappa shape index (κ2) is 4.52. The van der Waals surface area contributed by atoms with E-state index in [0.29, 0.717) is 0 Å². The summed E-state index contributed by atoms with van der Waals surface area (Å²) >= 11 is 1.67. The van der Waals surface area contributed by atoms with Gasteiger partial charge in [-0.15, -0.1) is 11.3 Å². The van der Waals surface area contributed by atoms with Crippen LogP contribution < -0.4 is 5.73 Å². The Morgan fingerprint density at radius 1 is 1.11 bits per heavy atom. The van der Waals surface area contributed by atoms with Gasteiger partial charge >= 0.3 is 0 Å². The Hall–Kier alpha value is -1.71.